The first-order valence-electron chi connectivity index (χ1n) is 7.04. The van der Waals surface area contributed by atoms with Crippen LogP contribution in [0.25, 0.3) is 10.1 Å². The van der Waals surface area contributed by atoms with E-state index in [-0.39, 0.29) is 18.4 Å². The lowest BCUT2D eigenvalue weighted by Gasteiger charge is -2.30. The van der Waals surface area contributed by atoms with Crippen molar-refractivity contribution in [3.05, 3.63) is 24.4 Å². The molecule has 2 heterocycles. The third kappa shape index (κ3) is 3.29. The molecule has 1 atom stereocenters. The van der Waals surface area contributed by atoms with Crippen LogP contribution in [0.2, 0.25) is 0 Å². The lowest BCUT2D eigenvalue weighted by Crippen LogP contribution is -2.43. The summed E-state index contributed by atoms with van der Waals surface area (Å²) in [5.41, 5.74) is 0.717. The summed E-state index contributed by atoms with van der Waals surface area (Å²) in [4.78, 5) is 12.4. The number of benzene rings is 1. The Bertz CT molecular complexity index is 801. The van der Waals surface area contributed by atoms with Gasteiger partial charge in [-0.05, 0) is 42.6 Å². The van der Waals surface area contributed by atoms with Crippen LogP contribution in [0.3, 0.4) is 0 Å². The van der Waals surface area contributed by atoms with E-state index in [0.29, 0.717) is 25.1 Å². The van der Waals surface area contributed by atoms with Crippen molar-refractivity contribution < 1.29 is 13.2 Å². The van der Waals surface area contributed by atoms with E-state index in [0.717, 1.165) is 10.1 Å². The number of hydrogen-bond donors (Lipinski definition) is 1. The van der Waals surface area contributed by atoms with Gasteiger partial charge in [-0.1, -0.05) is 0 Å². The molecule has 0 radical (unpaired) electrons. The first-order valence-corrected chi connectivity index (χ1v) is 9.66. The standard InChI is InChI=1S/C14H17N3O3S2/c1-22(19,20)17-6-2-3-10(9-17)14(18)16-12-4-5-13-11(7-12)8-15-21-13/h4-5,7-8,10H,2-3,6,9H2,1H3,(H,16,18)/t10-/m0/s1. The monoisotopic (exact) mass is 339 g/mol. The summed E-state index contributed by atoms with van der Waals surface area (Å²) in [6.45, 7) is 0.752. The van der Waals surface area contributed by atoms with Gasteiger partial charge in [0, 0.05) is 30.4 Å². The summed E-state index contributed by atoms with van der Waals surface area (Å²) in [6, 6.07) is 5.65. The van der Waals surface area contributed by atoms with Crippen molar-refractivity contribution in [3.8, 4) is 0 Å². The molecule has 0 saturated carbocycles. The van der Waals surface area contributed by atoms with Crippen LogP contribution in [0.5, 0.6) is 0 Å². The van der Waals surface area contributed by atoms with Crippen LogP contribution in [-0.2, 0) is 14.8 Å². The number of carbonyl (C=O) groups excluding carboxylic acids is 1. The molecular formula is C14H17N3O3S2. The highest BCUT2D eigenvalue weighted by atomic mass is 32.2. The van der Waals surface area contributed by atoms with Crippen LogP contribution in [-0.4, -0.2) is 42.3 Å². The maximum Gasteiger partial charge on any atom is 0.228 e. The van der Waals surface area contributed by atoms with Gasteiger partial charge in [-0.2, -0.15) is 4.37 Å². The Kier molecular flexibility index (Phi) is 4.16. The van der Waals surface area contributed by atoms with E-state index in [4.69, 9.17) is 0 Å². The fourth-order valence-electron chi connectivity index (χ4n) is 2.65. The average Bonchev–Trinajstić information content (AvgIpc) is 2.94. The number of piperidine rings is 1. The molecule has 1 fully saturated rings. The van der Waals surface area contributed by atoms with Crippen molar-refractivity contribution in [2.45, 2.75) is 12.8 Å². The van der Waals surface area contributed by atoms with E-state index in [2.05, 4.69) is 9.69 Å². The van der Waals surface area contributed by atoms with Crippen molar-refractivity contribution >= 4 is 43.2 Å². The topological polar surface area (TPSA) is 79.4 Å². The Morgan fingerprint density at radius 3 is 3.05 bits per heavy atom. The molecule has 1 aliphatic heterocycles. The Labute approximate surface area is 133 Å². The first-order chi connectivity index (χ1) is 10.4. The summed E-state index contributed by atoms with van der Waals surface area (Å²) in [7, 11) is -3.24. The molecule has 1 N–H and O–H groups in total. The van der Waals surface area contributed by atoms with Crippen LogP contribution < -0.4 is 5.32 Å². The van der Waals surface area contributed by atoms with Gasteiger partial charge in [0.15, 0.2) is 0 Å². The molecule has 1 saturated heterocycles. The second-order valence-corrected chi connectivity index (χ2v) is 8.34. The number of nitrogens with zero attached hydrogens (tertiary/aromatic N) is 2. The SMILES string of the molecule is CS(=O)(=O)N1CCC[C@H](C(=O)Nc2ccc3sncc3c2)C1. The minimum absolute atomic E-state index is 0.129. The molecule has 1 amide bonds. The van der Waals surface area contributed by atoms with Crippen LogP contribution >= 0.6 is 11.5 Å². The molecule has 8 heteroatoms. The lowest BCUT2D eigenvalue weighted by molar-refractivity contribution is -0.120. The number of amides is 1. The van der Waals surface area contributed by atoms with Crippen molar-refractivity contribution in [3.63, 3.8) is 0 Å². The molecule has 0 aliphatic carbocycles. The smallest absolute Gasteiger partial charge is 0.228 e. The Morgan fingerprint density at radius 2 is 2.27 bits per heavy atom. The molecular weight excluding hydrogens is 322 g/mol. The maximum atomic E-state index is 12.4. The van der Waals surface area contributed by atoms with Crippen molar-refractivity contribution in [1.82, 2.24) is 8.68 Å². The van der Waals surface area contributed by atoms with Crippen LogP contribution in [0.4, 0.5) is 5.69 Å². The minimum Gasteiger partial charge on any atom is -0.326 e. The predicted molar refractivity (Wildman–Crippen MR) is 87.4 cm³/mol. The first kappa shape index (κ1) is 15.4. The van der Waals surface area contributed by atoms with E-state index >= 15 is 0 Å². The van der Waals surface area contributed by atoms with E-state index in [1.54, 1.807) is 6.20 Å². The highest BCUT2D eigenvalue weighted by Crippen LogP contribution is 2.24. The summed E-state index contributed by atoms with van der Waals surface area (Å²) in [6.07, 6.45) is 4.37. The quantitative estimate of drug-likeness (QED) is 0.926. The van der Waals surface area contributed by atoms with E-state index in [1.807, 2.05) is 18.2 Å². The molecule has 1 aromatic carbocycles. The van der Waals surface area contributed by atoms with Crippen molar-refractivity contribution in [1.29, 1.82) is 0 Å². The molecule has 0 bridgehead atoms. The van der Waals surface area contributed by atoms with E-state index in [1.165, 1.54) is 22.1 Å². The minimum atomic E-state index is -3.24. The van der Waals surface area contributed by atoms with Gasteiger partial charge in [0.05, 0.1) is 16.9 Å². The maximum absolute atomic E-state index is 12.4. The zero-order valence-electron chi connectivity index (χ0n) is 12.2. The van der Waals surface area contributed by atoms with Gasteiger partial charge in [0.1, 0.15) is 0 Å². The molecule has 2 aromatic rings. The van der Waals surface area contributed by atoms with Crippen molar-refractivity contribution in [2.24, 2.45) is 5.92 Å². The molecule has 22 heavy (non-hydrogen) atoms. The van der Waals surface area contributed by atoms with E-state index in [9.17, 15) is 13.2 Å². The van der Waals surface area contributed by atoms with Gasteiger partial charge < -0.3 is 5.32 Å². The van der Waals surface area contributed by atoms with Crippen LogP contribution in [0, 0.1) is 5.92 Å². The number of nitrogens with one attached hydrogen (secondary N) is 1. The molecule has 6 nitrogen and oxygen atoms in total. The average molecular weight is 339 g/mol. The number of carbonyl (C=O) groups is 1. The van der Waals surface area contributed by atoms with Gasteiger partial charge in [0.25, 0.3) is 0 Å². The second kappa shape index (κ2) is 5.94. The summed E-state index contributed by atoms with van der Waals surface area (Å²) < 4.78 is 29.8. The summed E-state index contributed by atoms with van der Waals surface area (Å²) in [5.74, 6) is -0.435. The number of rotatable bonds is 3. The lowest BCUT2D eigenvalue weighted by atomic mass is 9.98. The Hall–Kier alpha value is -1.51. The Balaban J connectivity index is 1.70. The molecule has 1 aliphatic rings. The van der Waals surface area contributed by atoms with Crippen LogP contribution in [0.1, 0.15) is 12.8 Å². The van der Waals surface area contributed by atoms with Gasteiger partial charge in [-0.15, -0.1) is 0 Å². The van der Waals surface area contributed by atoms with Gasteiger partial charge in [-0.3, -0.25) is 4.79 Å². The number of aromatic nitrogens is 1. The van der Waals surface area contributed by atoms with Crippen LogP contribution in [0.15, 0.2) is 24.4 Å². The second-order valence-electron chi connectivity index (χ2n) is 5.53. The normalized spacial score (nSPS) is 20.1. The predicted octanol–water partition coefficient (Wildman–Crippen LogP) is 1.91. The third-order valence-corrected chi connectivity index (χ3v) is 5.89. The zero-order valence-corrected chi connectivity index (χ0v) is 13.8. The van der Waals surface area contributed by atoms with Gasteiger partial charge in [-0.25, -0.2) is 12.7 Å². The molecule has 0 spiro atoms. The molecule has 118 valence electrons. The molecule has 0 unspecified atom stereocenters. The largest absolute Gasteiger partial charge is 0.326 e. The Morgan fingerprint density at radius 1 is 1.45 bits per heavy atom. The highest BCUT2D eigenvalue weighted by Gasteiger charge is 2.30. The molecule has 3 rings (SSSR count). The molecule has 1 aromatic heterocycles. The fourth-order valence-corrected chi connectivity index (χ4v) is 4.19. The van der Waals surface area contributed by atoms with Gasteiger partial charge >= 0.3 is 0 Å². The summed E-state index contributed by atoms with van der Waals surface area (Å²) in [5, 5.41) is 3.87. The van der Waals surface area contributed by atoms with E-state index < -0.39 is 10.0 Å². The highest BCUT2D eigenvalue weighted by molar-refractivity contribution is 7.88. The van der Waals surface area contributed by atoms with Gasteiger partial charge in [0.2, 0.25) is 15.9 Å². The zero-order chi connectivity index (χ0) is 15.7. The number of anilines is 1. The summed E-state index contributed by atoms with van der Waals surface area (Å²) >= 11 is 1.41. The third-order valence-electron chi connectivity index (χ3n) is 3.84. The van der Waals surface area contributed by atoms with Crippen molar-refractivity contribution in [2.75, 3.05) is 24.7 Å². The number of sulfonamides is 1. The fraction of sp³-hybridized carbons (Fsp3) is 0.429. The number of hydrogen-bond acceptors (Lipinski definition) is 5. The number of fused-ring (bicyclic) bond motifs is 1.